The molecule has 0 aromatic heterocycles. The summed E-state index contributed by atoms with van der Waals surface area (Å²) >= 11 is 0. The summed E-state index contributed by atoms with van der Waals surface area (Å²) < 4.78 is 0. The second kappa shape index (κ2) is 6.83. The number of hydrogen-bond donors (Lipinski definition) is 1. The lowest BCUT2D eigenvalue weighted by atomic mass is 9.80. The zero-order valence-electron chi connectivity index (χ0n) is 10.5. The maximum Gasteiger partial charge on any atom is 0.0219 e. The standard InChI is InChI=1S/C13H26N2.ClH/c1-11-5-2-3-6-12(11)10-15-8-4-7-13(15)9-14;/h11-13H,2-10,14H2,1H3;1H. The van der Waals surface area contributed by atoms with Gasteiger partial charge in [-0.2, -0.15) is 0 Å². The fourth-order valence-electron chi connectivity index (χ4n) is 3.37. The topological polar surface area (TPSA) is 29.3 Å². The average molecular weight is 247 g/mol. The van der Waals surface area contributed by atoms with Crippen LogP contribution in [0.25, 0.3) is 0 Å². The van der Waals surface area contributed by atoms with E-state index in [0.717, 1.165) is 18.4 Å². The fourth-order valence-corrected chi connectivity index (χ4v) is 3.37. The number of nitrogens with two attached hydrogens (primary N) is 1. The monoisotopic (exact) mass is 246 g/mol. The molecule has 3 heteroatoms. The van der Waals surface area contributed by atoms with Crippen LogP contribution in [0.2, 0.25) is 0 Å². The first kappa shape index (κ1) is 14.3. The largest absolute Gasteiger partial charge is 0.329 e. The van der Waals surface area contributed by atoms with Gasteiger partial charge in [0.25, 0.3) is 0 Å². The molecule has 96 valence electrons. The van der Waals surface area contributed by atoms with Gasteiger partial charge in [0.05, 0.1) is 0 Å². The summed E-state index contributed by atoms with van der Waals surface area (Å²) in [5, 5.41) is 0. The van der Waals surface area contributed by atoms with Gasteiger partial charge in [-0.15, -0.1) is 12.4 Å². The molecule has 2 aliphatic rings. The Labute approximate surface area is 106 Å². The number of rotatable bonds is 3. The number of nitrogens with zero attached hydrogens (tertiary/aromatic N) is 1. The van der Waals surface area contributed by atoms with Gasteiger partial charge in [0, 0.05) is 19.1 Å². The lowest BCUT2D eigenvalue weighted by Crippen LogP contribution is -2.40. The van der Waals surface area contributed by atoms with Gasteiger partial charge in [0.2, 0.25) is 0 Å². The molecule has 0 aromatic carbocycles. The van der Waals surface area contributed by atoms with Crippen LogP contribution < -0.4 is 5.73 Å². The number of halogens is 1. The van der Waals surface area contributed by atoms with E-state index in [1.54, 1.807) is 0 Å². The van der Waals surface area contributed by atoms with Gasteiger partial charge >= 0.3 is 0 Å². The van der Waals surface area contributed by atoms with Gasteiger partial charge in [-0.05, 0) is 37.6 Å². The molecule has 3 atom stereocenters. The van der Waals surface area contributed by atoms with Crippen LogP contribution in [0.15, 0.2) is 0 Å². The van der Waals surface area contributed by atoms with Crippen molar-refractivity contribution in [3.05, 3.63) is 0 Å². The molecule has 0 radical (unpaired) electrons. The predicted octanol–water partition coefficient (Wildman–Crippen LogP) is 2.66. The zero-order valence-corrected chi connectivity index (χ0v) is 11.3. The van der Waals surface area contributed by atoms with E-state index < -0.39 is 0 Å². The van der Waals surface area contributed by atoms with Crippen molar-refractivity contribution in [3.63, 3.8) is 0 Å². The summed E-state index contributed by atoms with van der Waals surface area (Å²) in [7, 11) is 0. The summed E-state index contributed by atoms with van der Waals surface area (Å²) in [6.07, 6.45) is 8.51. The van der Waals surface area contributed by atoms with Crippen molar-refractivity contribution in [1.29, 1.82) is 0 Å². The van der Waals surface area contributed by atoms with E-state index in [1.807, 2.05) is 0 Å². The van der Waals surface area contributed by atoms with Crippen molar-refractivity contribution in [2.75, 3.05) is 19.6 Å². The molecule has 2 N–H and O–H groups in total. The van der Waals surface area contributed by atoms with Gasteiger partial charge < -0.3 is 5.73 Å². The summed E-state index contributed by atoms with van der Waals surface area (Å²) in [5.74, 6) is 1.89. The minimum atomic E-state index is 0. The number of hydrogen-bond acceptors (Lipinski definition) is 2. The molecule has 1 saturated heterocycles. The van der Waals surface area contributed by atoms with E-state index in [-0.39, 0.29) is 12.4 Å². The van der Waals surface area contributed by atoms with Crippen molar-refractivity contribution in [2.24, 2.45) is 17.6 Å². The molecule has 0 aromatic rings. The molecule has 2 rings (SSSR count). The maximum atomic E-state index is 5.82. The Kier molecular flexibility index (Phi) is 6.09. The van der Waals surface area contributed by atoms with Crippen LogP contribution in [-0.4, -0.2) is 30.6 Å². The molecular weight excluding hydrogens is 220 g/mol. The summed E-state index contributed by atoms with van der Waals surface area (Å²) in [4.78, 5) is 2.66. The van der Waals surface area contributed by atoms with E-state index in [9.17, 15) is 0 Å². The van der Waals surface area contributed by atoms with Gasteiger partial charge in [-0.1, -0.05) is 26.2 Å². The summed E-state index contributed by atoms with van der Waals surface area (Å²) in [6, 6.07) is 0.694. The minimum Gasteiger partial charge on any atom is -0.329 e. The van der Waals surface area contributed by atoms with Crippen LogP contribution in [0.1, 0.15) is 45.4 Å². The van der Waals surface area contributed by atoms with E-state index >= 15 is 0 Å². The first-order valence-electron chi connectivity index (χ1n) is 6.75. The Morgan fingerprint density at radius 2 is 1.88 bits per heavy atom. The van der Waals surface area contributed by atoms with Crippen molar-refractivity contribution >= 4 is 12.4 Å². The Hall–Kier alpha value is 0.210. The van der Waals surface area contributed by atoms with Crippen LogP contribution in [0, 0.1) is 11.8 Å². The molecule has 1 aliphatic heterocycles. The number of likely N-dealkylation sites (tertiary alicyclic amines) is 1. The normalized spacial score (nSPS) is 36.0. The van der Waals surface area contributed by atoms with Crippen molar-refractivity contribution in [1.82, 2.24) is 4.90 Å². The second-order valence-corrected chi connectivity index (χ2v) is 5.55. The van der Waals surface area contributed by atoms with E-state index in [4.69, 9.17) is 5.73 Å². The third-order valence-corrected chi connectivity index (χ3v) is 4.53. The van der Waals surface area contributed by atoms with Crippen LogP contribution in [0.3, 0.4) is 0 Å². The van der Waals surface area contributed by atoms with E-state index in [0.29, 0.717) is 6.04 Å². The van der Waals surface area contributed by atoms with Gasteiger partial charge in [-0.25, -0.2) is 0 Å². The molecule has 1 saturated carbocycles. The van der Waals surface area contributed by atoms with E-state index in [2.05, 4.69) is 11.8 Å². The third-order valence-electron chi connectivity index (χ3n) is 4.53. The molecule has 16 heavy (non-hydrogen) atoms. The van der Waals surface area contributed by atoms with Crippen LogP contribution in [0.4, 0.5) is 0 Å². The molecule has 2 fully saturated rings. The Morgan fingerprint density at radius 1 is 1.12 bits per heavy atom. The van der Waals surface area contributed by atoms with Crippen LogP contribution >= 0.6 is 12.4 Å². The zero-order chi connectivity index (χ0) is 10.7. The highest BCUT2D eigenvalue weighted by molar-refractivity contribution is 5.85. The SMILES string of the molecule is CC1CCCCC1CN1CCCC1CN.Cl. The van der Waals surface area contributed by atoms with Crippen molar-refractivity contribution in [2.45, 2.75) is 51.5 Å². The quantitative estimate of drug-likeness (QED) is 0.830. The van der Waals surface area contributed by atoms with Gasteiger partial charge in [0.15, 0.2) is 0 Å². The average Bonchev–Trinajstić information content (AvgIpc) is 2.69. The third kappa shape index (κ3) is 3.35. The summed E-state index contributed by atoms with van der Waals surface area (Å²) in [6.45, 7) is 5.92. The van der Waals surface area contributed by atoms with Crippen LogP contribution in [0.5, 0.6) is 0 Å². The molecule has 3 unspecified atom stereocenters. The molecule has 0 bridgehead atoms. The van der Waals surface area contributed by atoms with Crippen LogP contribution in [-0.2, 0) is 0 Å². The molecule has 0 spiro atoms. The highest BCUT2D eigenvalue weighted by atomic mass is 35.5. The highest BCUT2D eigenvalue weighted by Crippen LogP contribution is 2.31. The first-order valence-corrected chi connectivity index (χ1v) is 6.75. The second-order valence-electron chi connectivity index (χ2n) is 5.55. The Bertz CT molecular complexity index is 198. The summed E-state index contributed by atoms with van der Waals surface area (Å²) in [5.41, 5.74) is 5.82. The molecule has 2 nitrogen and oxygen atoms in total. The first-order chi connectivity index (χ1) is 7.31. The maximum absolute atomic E-state index is 5.82. The Morgan fingerprint density at radius 3 is 2.56 bits per heavy atom. The van der Waals surface area contributed by atoms with E-state index in [1.165, 1.54) is 51.6 Å². The Balaban J connectivity index is 0.00000128. The molecule has 1 aliphatic carbocycles. The van der Waals surface area contributed by atoms with Gasteiger partial charge in [-0.3, -0.25) is 4.90 Å². The minimum absolute atomic E-state index is 0. The van der Waals surface area contributed by atoms with Crippen molar-refractivity contribution in [3.8, 4) is 0 Å². The van der Waals surface area contributed by atoms with Gasteiger partial charge in [0.1, 0.15) is 0 Å². The highest BCUT2D eigenvalue weighted by Gasteiger charge is 2.28. The lowest BCUT2D eigenvalue weighted by Gasteiger charge is -2.34. The lowest BCUT2D eigenvalue weighted by molar-refractivity contribution is 0.152. The fraction of sp³-hybridized carbons (Fsp3) is 1.00. The smallest absolute Gasteiger partial charge is 0.0219 e. The van der Waals surface area contributed by atoms with Crippen molar-refractivity contribution < 1.29 is 0 Å². The molecule has 0 amide bonds. The predicted molar refractivity (Wildman–Crippen MR) is 72.0 cm³/mol. The molecule has 1 heterocycles. The molecular formula is C13H27ClN2.